The van der Waals surface area contributed by atoms with E-state index in [0.717, 1.165) is 47.3 Å². The van der Waals surface area contributed by atoms with Gasteiger partial charge in [0, 0.05) is 17.3 Å². The third-order valence-corrected chi connectivity index (χ3v) is 7.72. The van der Waals surface area contributed by atoms with Crippen molar-refractivity contribution in [1.29, 1.82) is 0 Å². The van der Waals surface area contributed by atoms with Crippen LogP contribution in [0.2, 0.25) is 0 Å². The van der Waals surface area contributed by atoms with E-state index in [0.29, 0.717) is 0 Å². The van der Waals surface area contributed by atoms with E-state index in [1.54, 1.807) is 0 Å². The molecule has 1 spiro atoms. The second kappa shape index (κ2) is 6.26. The maximum atomic E-state index is 13.8. The Bertz CT molecular complexity index is 1140. The van der Waals surface area contributed by atoms with E-state index in [1.807, 2.05) is 50.2 Å². The van der Waals surface area contributed by atoms with Crippen LogP contribution in [0.4, 0.5) is 5.69 Å². The molecule has 2 aromatic carbocycles. The summed E-state index contributed by atoms with van der Waals surface area (Å²) < 4.78 is 0. The van der Waals surface area contributed by atoms with Crippen LogP contribution in [0.5, 0.6) is 0 Å². The van der Waals surface area contributed by atoms with Gasteiger partial charge in [-0.3, -0.25) is 24.2 Å². The van der Waals surface area contributed by atoms with Crippen molar-refractivity contribution in [3.05, 3.63) is 64.7 Å². The van der Waals surface area contributed by atoms with Crippen LogP contribution in [0.25, 0.3) is 0 Å². The molecule has 0 bridgehead atoms. The standard InChI is InChI=1S/C25H25N3O3/c1-14-11-15(2)21-17(12-14)25(24(31)26-21)20-19(18-9-6-10-28(18)25)22(29)27(23(20)30)13-16-7-4-3-5-8-16/h3-5,7-8,11-12,18-20H,6,9-10,13H2,1-2H3,(H,26,31)/t18-,19+,20-,25-/m0/s1. The molecule has 3 amide bonds. The molecule has 0 radical (unpaired) electrons. The Labute approximate surface area is 181 Å². The highest BCUT2D eigenvalue weighted by Crippen LogP contribution is 2.60. The molecule has 0 unspecified atom stereocenters. The molecule has 6 nitrogen and oxygen atoms in total. The van der Waals surface area contributed by atoms with Crippen LogP contribution in [0.1, 0.15) is 35.1 Å². The van der Waals surface area contributed by atoms with Gasteiger partial charge in [0.25, 0.3) is 0 Å². The summed E-state index contributed by atoms with van der Waals surface area (Å²) in [7, 11) is 0. The summed E-state index contributed by atoms with van der Waals surface area (Å²) in [5.74, 6) is -1.63. The Morgan fingerprint density at radius 3 is 2.61 bits per heavy atom. The minimum Gasteiger partial charge on any atom is -0.324 e. The molecule has 158 valence electrons. The topological polar surface area (TPSA) is 69.7 Å². The highest BCUT2D eigenvalue weighted by Gasteiger charge is 2.74. The Hall–Kier alpha value is -2.99. The smallest absolute Gasteiger partial charge is 0.250 e. The molecule has 3 fully saturated rings. The molecule has 31 heavy (non-hydrogen) atoms. The Kier molecular flexibility index (Phi) is 3.79. The largest absolute Gasteiger partial charge is 0.324 e. The number of likely N-dealkylation sites (tertiary alicyclic amines) is 1. The van der Waals surface area contributed by atoms with Crippen LogP contribution in [0.3, 0.4) is 0 Å². The molecule has 4 aliphatic rings. The van der Waals surface area contributed by atoms with Gasteiger partial charge in [0.05, 0.1) is 18.4 Å². The molecule has 6 heteroatoms. The van der Waals surface area contributed by atoms with E-state index >= 15 is 0 Å². The molecule has 4 atom stereocenters. The minimum atomic E-state index is -1.09. The zero-order chi connectivity index (χ0) is 21.5. The zero-order valence-electron chi connectivity index (χ0n) is 17.7. The summed E-state index contributed by atoms with van der Waals surface area (Å²) in [4.78, 5) is 44.7. The number of fused-ring (bicyclic) bond motifs is 7. The van der Waals surface area contributed by atoms with Crippen molar-refractivity contribution in [2.24, 2.45) is 11.8 Å². The number of nitrogens with one attached hydrogen (secondary N) is 1. The summed E-state index contributed by atoms with van der Waals surface area (Å²) in [6.45, 7) is 5.00. The number of anilines is 1. The number of carbonyl (C=O) groups is 3. The summed E-state index contributed by atoms with van der Waals surface area (Å²) in [5.41, 5.74) is 3.57. The molecule has 1 N–H and O–H groups in total. The van der Waals surface area contributed by atoms with Gasteiger partial charge < -0.3 is 5.32 Å². The Balaban J connectivity index is 1.52. The number of hydrogen-bond acceptors (Lipinski definition) is 4. The quantitative estimate of drug-likeness (QED) is 0.766. The highest BCUT2D eigenvalue weighted by atomic mass is 16.2. The molecular weight excluding hydrogens is 390 g/mol. The van der Waals surface area contributed by atoms with Crippen LogP contribution in [0.15, 0.2) is 42.5 Å². The number of amides is 3. The minimum absolute atomic E-state index is 0.0697. The lowest BCUT2D eigenvalue weighted by Crippen LogP contribution is -2.54. The molecule has 2 aromatic rings. The SMILES string of the molecule is Cc1cc(C)c2c(c1)[C@@]1(C(=O)N2)[C@@H]2C(=O)N(Cc3ccccc3)C(=O)[C@@H]2[C@@H]2CCCN21. The molecule has 4 heterocycles. The van der Waals surface area contributed by atoms with Crippen LogP contribution in [0, 0.1) is 25.7 Å². The average Bonchev–Trinajstić information content (AvgIpc) is 3.45. The van der Waals surface area contributed by atoms with Gasteiger partial charge in [-0.15, -0.1) is 0 Å². The lowest BCUT2D eigenvalue weighted by molar-refractivity contribution is -0.146. The number of imide groups is 1. The summed E-state index contributed by atoms with van der Waals surface area (Å²) in [5, 5.41) is 3.09. The van der Waals surface area contributed by atoms with Gasteiger partial charge in [0.15, 0.2) is 0 Å². The van der Waals surface area contributed by atoms with E-state index in [9.17, 15) is 14.4 Å². The number of carbonyl (C=O) groups excluding carboxylic acids is 3. The van der Waals surface area contributed by atoms with E-state index in [1.165, 1.54) is 4.90 Å². The first-order valence-electron chi connectivity index (χ1n) is 11.0. The number of rotatable bonds is 2. The second-order valence-corrected chi connectivity index (χ2v) is 9.38. The molecule has 0 aliphatic carbocycles. The van der Waals surface area contributed by atoms with Crippen molar-refractivity contribution in [2.45, 2.75) is 44.8 Å². The van der Waals surface area contributed by atoms with Gasteiger partial charge in [-0.1, -0.05) is 48.0 Å². The van der Waals surface area contributed by atoms with Gasteiger partial charge >= 0.3 is 0 Å². The fraction of sp³-hybridized carbons (Fsp3) is 0.400. The van der Waals surface area contributed by atoms with E-state index in [2.05, 4.69) is 16.3 Å². The molecule has 6 rings (SSSR count). The highest BCUT2D eigenvalue weighted by molar-refractivity contribution is 6.15. The Morgan fingerprint density at radius 1 is 1.06 bits per heavy atom. The third-order valence-electron chi connectivity index (χ3n) is 7.72. The summed E-state index contributed by atoms with van der Waals surface area (Å²) in [6.07, 6.45) is 1.78. The van der Waals surface area contributed by atoms with Gasteiger partial charge in [0.1, 0.15) is 5.54 Å². The van der Waals surface area contributed by atoms with Gasteiger partial charge in [-0.2, -0.15) is 0 Å². The van der Waals surface area contributed by atoms with Crippen LogP contribution < -0.4 is 5.32 Å². The molecular formula is C25H25N3O3. The predicted octanol–water partition coefficient (Wildman–Crippen LogP) is 2.73. The second-order valence-electron chi connectivity index (χ2n) is 9.38. The van der Waals surface area contributed by atoms with Crippen LogP contribution >= 0.6 is 0 Å². The maximum absolute atomic E-state index is 13.8. The number of hydrogen-bond donors (Lipinski definition) is 1. The molecule has 0 aromatic heterocycles. The van der Waals surface area contributed by atoms with Crippen molar-refractivity contribution in [2.75, 3.05) is 11.9 Å². The van der Waals surface area contributed by atoms with Crippen molar-refractivity contribution in [3.63, 3.8) is 0 Å². The lowest BCUT2D eigenvalue weighted by atomic mass is 9.75. The fourth-order valence-electron chi connectivity index (χ4n) is 6.64. The predicted molar refractivity (Wildman–Crippen MR) is 115 cm³/mol. The molecule has 4 aliphatic heterocycles. The zero-order valence-corrected chi connectivity index (χ0v) is 17.7. The van der Waals surface area contributed by atoms with Crippen LogP contribution in [-0.2, 0) is 26.5 Å². The van der Waals surface area contributed by atoms with E-state index in [-0.39, 0.29) is 30.3 Å². The van der Waals surface area contributed by atoms with E-state index in [4.69, 9.17) is 0 Å². The van der Waals surface area contributed by atoms with Crippen molar-refractivity contribution in [1.82, 2.24) is 9.80 Å². The van der Waals surface area contributed by atoms with E-state index < -0.39 is 17.4 Å². The Morgan fingerprint density at radius 2 is 1.84 bits per heavy atom. The average molecular weight is 415 g/mol. The fourth-order valence-corrected chi connectivity index (χ4v) is 6.64. The molecule has 3 saturated heterocycles. The van der Waals surface area contributed by atoms with Gasteiger partial charge in [0.2, 0.25) is 17.7 Å². The van der Waals surface area contributed by atoms with Crippen LogP contribution in [-0.4, -0.2) is 40.1 Å². The first-order valence-corrected chi connectivity index (χ1v) is 11.0. The lowest BCUT2D eigenvalue weighted by Gasteiger charge is -2.36. The van der Waals surface area contributed by atoms with Gasteiger partial charge in [-0.05, 0) is 44.4 Å². The number of aryl methyl sites for hydroxylation is 2. The molecule has 0 saturated carbocycles. The first-order chi connectivity index (χ1) is 14.9. The van der Waals surface area contributed by atoms with Crippen molar-refractivity contribution >= 4 is 23.4 Å². The third kappa shape index (κ3) is 2.23. The van der Waals surface area contributed by atoms with Crippen molar-refractivity contribution in [3.8, 4) is 0 Å². The summed E-state index contributed by atoms with van der Waals surface area (Å²) >= 11 is 0. The monoisotopic (exact) mass is 415 g/mol. The maximum Gasteiger partial charge on any atom is 0.250 e. The summed E-state index contributed by atoms with van der Waals surface area (Å²) in [6, 6.07) is 13.6. The first kappa shape index (κ1) is 18.8. The van der Waals surface area contributed by atoms with Gasteiger partial charge in [-0.25, -0.2) is 0 Å². The normalized spacial score (nSPS) is 31.4. The number of benzene rings is 2. The number of nitrogens with zero attached hydrogens (tertiary/aromatic N) is 2. The van der Waals surface area contributed by atoms with Crippen molar-refractivity contribution < 1.29 is 14.4 Å².